The summed E-state index contributed by atoms with van der Waals surface area (Å²) in [6, 6.07) is 9.23. The van der Waals surface area contributed by atoms with Crippen LogP contribution in [0.15, 0.2) is 24.3 Å². The van der Waals surface area contributed by atoms with Crippen molar-refractivity contribution in [3.05, 3.63) is 35.4 Å². The van der Waals surface area contributed by atoms with Crippen LogP contribution in [0.3, 0.4) is 0 Å². The van der Waals surface area contributed by atoms with Gasteiger partial charge in [0.1, 0.15) is 0 Å². The highest BCUT2D eigenvalue weighted by molar-refractivity contribution is 5.94. The molecule has 1 aromatic carbocycles. The lowest BCUT2D eigenvalue weighted by Gasteiger charge is -2.26. The number of nitrogens with zero attached hydrogens (tertiary/aromatic N) is 2. The van der Waals surface area contributed by atoms with E-state index in [1.54, 1.807) is 24.3 Å². The molecule has 1 N–H and O–H groups in total. The Balaban J connectivity index is 1.88. The fraction of sp³-hybridized carbons (Fsp3) is 0.500. The van der Waals surface area contributed by atoms with Crippen LogP contribution < -0.4 is 5.32 Å². The zero-order valence-electron chi connectivity index (χ0n) is 11.9. The summed E-state index contributed by atoms with van der Waals surface area (Å²) in [4.78, 5) is 14.5. The number of nitriles is 1. The Morgan fingerprint density at radius 1 is 1.35 bits per heavy atom. The second kappa shape index (κ2) is 7.06. The largest absolute Gasteiger partial charge is 0.350 e. The van der Waals surface area contributed by atoms with E-state index in [1.165, 1.54) is 12.8 Å². The van der Waals surface area contributed by atoms with E-state index in [2.05, 4.69) is 23.2 Å². The fourth-order valence-electron chi connectivity index (χ4n) is 2.65. The highest BCUT2D eigenvalue weighted by atomic mass is 16.1. The number of likely N-dealkylation sites (tertiary alicyclic amines) is 1. The van der Waals surface area contributed by atoms with Gasteiger partial charge in [-0.15, -0.1) is 0 Å². The van der Waals surface area contributed by atoms with Crippen LogP contribution in [0.1, 0.15) is 42.1 Å². The van der Waals surface area contributed by atoms with Crippen LogP contribution in [0.5, 0.6) is 0 Å². The smallest absolute Gasteiger partial charge is 0.251 e. The van der Waals surface area contributed by atoms with Gasteiger partial charge in [0, 0.05) is 18.2 Å². The fourth-order valence-corrected chi connectivity index (χ4v) is 2.65. The average molecular weight is 271 g/mol. The van der Waals surface area contributed by atoms with Gasteiger partial charge in [-0.3, -0.25) is 9.69 Å². The van der Waals surface area contributed by atoms with E-state index < -0.39 is 0 Å². The van der Waals surface area contributed by atoms with Crippen molar-refractivity contribution < 1.29 is 4.79 Å². The van der Waals surface area contributed by atoms with Gasteiger partial charge in [0.25, 0.3) is 5.91 Å². The molecule has 1 heterocycles. The molecule has 0 bridgehead atoms. The summed E-state index contributed by atoms with van der Waals surface area (Å²) in [6.07, 6.45) is 3.58. The number of rotatable bonds is 5. The molecule has 106 valence electrons. The monoisotopic (exact) mass is 271 g/mol. The molecule has 0 radical (unpaired) electrons. The Kier molecular flexibility index (Phi) is 5.14. The molecule has 0 spiro atoms. The summed E-state index contributed by atoms with van der Waals surface area (Å²) in [5, 5.41) is 11.7. The third-order valence-electron chi connectivity index (χ3n) is 3.90. The van der Waals surface area contributed by atoms with E-state index in [4.69, 9.17) is 5.26 Å². The van der Waals surface area contributed by atoms with Crippen molar-refractivity contribution in [3.63, 3.8) is 0 Å². The molecule has 0 aromatic heterocycles. The van der Waals surface area contributed by atoms with Crippen LogP contribution in [-0.4, -0.2) is 36.5 Å². The molecule has 1 aromatic rings. The molecule has 4 heteroatoms. The van der Waals surface area contributed by atoms with Crippen LogP contribution in [0.4, 0.5) is 0 Å². The van der Waals surface area contributed by atoms with Crippen LogP contribution in [0.2, 0.25) is 0 Å². The maximum Gasteiger partial charge on any atom is 0.251 e. The van der Waals surface area contributed by atoms with Crippen molar-refractivity contribution in [3.8, 4) is 6.07 Å². The van der Waals surface area contributed by atoms with Crippen molar-refractivity contribution >= 4 is 5.91 Å². The minimum atomic E-state index is -0.0628. The number of amides is 1. The van der Waals surface area contributed by atoms with E-state index in [0.29, 0.717) is 23.7 Å². The van der Waals surface area contributed by atoms with Gasteiger partial charge in [-0.05, 0) is 56.6 Å². The molecular weight excluding hydrogens is 250 g/mol. The van der Waals surface area contributed by atoms with Crippen molar-refractivity contribution in [1.29, 1.82) is 5.26 Å². The normalized spacial score (nSPS) is 16.6. The van der Waals surface area contributed by atoms with E-state index in [1.807, 2.05) is 0 Å². The first-order chi connectivity index (χ1) is 9.74. The summed E-state index contributed by atoms with van der Waals surface area (Å²) < 4.78 is 0. The van der Waals surface area contributed by atoms with E-state index in [0.717, 1.165) is 19.5 Å². The van der Waals surface area contributed by atoms with Crippen LogP contribution in [0.25, 0.3) is 0 Å². The number of carbonyl (C=O) groups excluding carboxylic acids is 1. The third-order valence-corrected chi connectivity index (χ3v) is 3.90. The average Bonchev–Trinajstić information content (AvgIpc) is 3.02. The first-order valence-corrected chi connectivity index (χ1v) is 7.27. The van der Waals surface area contributed by atoms with Gasteiger partial charge in [-0.2, -0.15) is 5.26 Å². The van der Waals surface area contributed by atoms with Gasteiger partial charge in [-0.25, -0.2) is 0 Å². The van der Waals surface area contributed by atoms with Gasteiger partial charge in [0.15, 0.2) is 0 Å². The standard InChI is InChI=1S/C16H21N3O/c1-2-15(19-9-3-4-10-19)12-18-16(20)14-7-5-13(11-17)6-8-14/h5-8,15H,2-4,9-10,12H2,1H3,(H,18,20). The molecular formula is C16H21N3O. The summed E-state index contributed by atoms with van der Waals surface area (Å²) >= 11 is 0. The third kappa shape index (κ3) is 3.58. The highest BCUT2D eigenvalue weighted by Crippen LogP contribution is 2.13. The van der Waals surface area contributed by atoms with Gasteiger partial charge in [0.05, 0.1) is 11.6 Å². The number of hydrogen-bond acceptors (Lipinski definition) is 3. The molecule has 20 heavy (non-hydrogen) atoms. The predicted octanol–water partition coefficient (Wildman–Crippen LogP) is 2.16. The van der Waals surface area contributed by atoms with Crippen molar-refractivity contribution in [1.82, 2.24) is 10.2 Å². The molecule has 1 fully saturated rings. The van der Waals surface area contributed by atoms with E-state index in [9.17, 15) is 4.79 Å². The first-order valence-electron chi connectivity index (χ1n) is 7.27. The Bertz CT molecular complexity index is 483. The zero-order chi connectivity index (χ0) is 14.4. The molecule has 2 rings (SSSR count). The maximum atomic E-state index is 12.1. The van der Waals surface area contributed by atoms with Gasteiger partial charge in [0.2, 0.25) is 0 Å². The quantitative estimate of drug-likeness (QED) is 0.893. The lowest BCUT2D eigenvalue weighted by atomic mass is 10.1. The van der Waals surface area contributed by atoms with Gasteiger partial charge < -0.3 is 5.32 Å². The van der Waals surface area contributed by atoms with E-state index in [-0.39, 0.29) is 5.91 Å². The number of nitrogens with one attached hydrogen (secondary N) is 1. The first kappa shape index (κ1) is 14.5. The Morgan fingerprint density at radius 2 is 2.00 bits per heavy atom. The molecule has 0 aliphatic carbocycles. The van der Waals surface area contributed by atoms with Crippen LogP contribution in [0, 0.1) is 11.3 Å². The molecule has 0 saturated carbocycles. The molecule has 1 amide bonds. The molecule has 1 atom stereocenters. The van der Waals surface area contributed by atoms with Gasteiger partial charge in [-0.1, -0.05) is 6.92 Å². The summed E-state index contributed by atoms with van der Waals surface area (Å²) in [5.74, 6) is -0.0628. The number of hydrogen-bond donors (Lipinski definition) is 1. The highest BCUT2D eigenvalue weighted by Gasteiger charge is 2.20. The topological polar surface area (TPSA) is 56.1 Å². The molecule has 4 nitrogen and oxygen atoms in total. The molecule has 1 aliphatic heterocycles. The lowest BCUT2D eigenvalue weighted by molar-refractivity contribution is 0.0937. The number of carbonyl (C=O) groups is 1. The molecule has 1 aliphatic rings. The lowest BCUT2D eigenvalue weighted by Crippen LogP contribution is -2.42. The second-order valence-corrected chi connectivity index (χ2v) is 5.20. The SMILES string of the molecule is CCC(CNC(=O)c1ccc(C#N)cc1)N1CCCC1. The van der Waals surface area contributed by atoms with Gasteiger partial charge >= 0.3 is 0 Å². The Hall–Kier alpha value is -1.86. The summed E-state index contributed by atoms with van der Waals surface area (Å²) in [7, 11) is 0. The van der Waals surface area contributed by atoms with Crippen molar-refractivity contribution in [2.24, 2.45) is 0 Å². The maximum absolute atomic E-state index is 12.1. The second-order valence-electron chi connectivity index (χ2n) is 5.20. The Labute approximate surface area is 120 Å². The van der Waals surface area contributed by atoms with Crippen LogP contribution >= 0.6 is 0 Å². The van der Waals surface area contributed by atoms with Crippen LogP contribution in [-0.2, 0) is 0 Å². The number of benzene rings is 1. The minimum absolute atomic E-state index is 0.0628. The van der Waals surface area contributed by atoms with Crippen molar-refractivity contribution in [2.75, 3.05) is 19.6 Å². The minimum Gasteiger partial charge on any atom is -0.350 e. The van der Waals surface area contributed by atoms with Crippen molar-refractivity contribution in [2.45, 2.75) is 32.2 Å². The van der Waals surface area contributed by atoms with E-state index >= 15 is 0 Å². The predicted molar refractivity (Wildman–Crippen MR) is 78.4 cm³/mol. The molecule has 1 saturated heterocycles. The molecule has 1 unspecified atom stereocenters. The zero-order valence-corrected chi connectivity index (χ0v) is 11.9. The summed E-state index contributed by atoms with van der Waals surface area (Å²) in [5.41, 5.74) is 1.19. The summed E-state index contributed by atoms with van der Waals surface area (Å²) in [6.45, 7) is 5.14. The Morgan fingerprint density at radius 3 is 2.55 bits per heavy atom.